The SMILES string of the molecule is COC(=O)[C@@H](NCc1ccc(C#N)o1)c1ccc2ccccc2c1. The number of nitrogens with one attached hydrogen (secondary N) is 1. The topological polar surface area (TPSA) is 75.3 Å². The van der Waals surface area contributed by atoms with Crippen molar-refractivity contribution in [2.45, 2.75) is 12.6 Å². The molecule has 0 bridgehead atoms. The van der Waals surface area contributed by atoms with E-state index in [4.69, 9.17) is 14.4 Å². The molecule has 3 rings (SSSR count). The van der Waals surface area contributed by atoms with Gasteiger partial charge in [-0.3, -0.25) is 5.32 Å². The minimum Gasteiger partial charge on any atom is -0.468 e. The first kappa shape index (κ1) is 15.8. The molecule has 0 aliphatic rings. The Bertz CT molecular complexity index is 908. The molecule has 0 amide bonds. The fraction of sp³-hybridized carbons (Fsp3) is 0.158. The summed E-state index contributed by atoms with van der Waals surface area (Å²) in [5.74, 6) is 0.450. The highest BCUT2D eigenvalue weighted by molar-refractivity contribution is 5.85. The van der Waals surface area contributed by atoms with E-state index < -0.39 is 6.04 Å². The maximum absolute atomic E-state index is 12.2. The van der Waals surface area contributed by atoms with Crippen molar-refractivity contribution >= 4 is 16.7 Å². The van der Waals surface area contributed by atoms with E-state index in [1.54, 1.807) is 12.1 Å². The number of ether oxygens (including phenoxy) is 1. The predicted octanol–water partition coefficient (Wildman–Crippen LogP) is 3.31. The largest absolute Gasteiger partial charge is 0.468 e. The highest BCUT2D eigenvalue weighted by Gasteiger charge is 2.21. The van der Waals surface area contributed by atoms with Crippen molar-refractivity contribution in [2.75, 3.05) is 7.11 Å². The highest BCUT2D eigenvalue weighted by Crippen LogP contribution is 2.22. The molecule has 0 saturated carbocycles. The summed E-state index contributed by atoms with van der Waals surface area (Å²) in [4.78, 5) is 12.2. The number of furan rings is 1. The molecular formula is C19H16N2O3. The second-order valence-corrected chi connectivity index (χ2v) is 5.32. The Labute approximate surface area is 139 Å². The monoisotopic (exact) mass is 320 g/mol. The van der Waals surface area contributed by atoms with Crippen molar-refractivity contribution < 1.29 is 13.9 Å². The Morgan fingerprint density at radius 1 is 1.21 bits per heavy atom. The normalized spacial score (nSPS) is 11.8. The maximum atomic E-state index is 12.2. The molecule has 120 valence electrons. The van der Waals surface area contributed by atoms with Gasteiger partial charge in [-0.25, -0.2) is 4.79 Å². The fourth-order valence-corrected chi connectivity index (χ4v) is 2.58. The maximum Gasteiger partial charge on any atom is 0.327 e. The third kappa shape index (κ3) is 3.29. The van der Waals surface area contributed by atoms with E-state index in [2.05, 4.69) is 5.32 Å². The number of carbonyl (C=O) groups is 1. The zero-order chi connectivity index (χ0) is 16.9. The van der Waals surface area contributed by atoms with Crippen LogP contribution in [0.15, 0.2) is 59.0 Å². The lowest BCUT2D eigenvalue weighted by Gasteiger charge is -2.17. The highest BCUT2D eigenvalue weighted by atomic mass is 16.5. The number of carbonyl (C=O) groups excluding carboxylic acids is 1. The quantitative estimate of drug-likeness (QED) is 0.730. The van der Waals surface area contributed by atoms with Gasteiger partial charge in [0.25, 0.3) is 0 Å². The van der Waals surface area contributed by atoms with Crippen LogP contribution in [0.1, 0.15) is 23.1 Å². The van der Waals surface area contributed by atoms with Crippen molar-refractivity contribution in [3.8, 4) is 6.07 Å². The summed E-state index contributed by atoms with van der Waals surface area (Å²) in [7, 11) is 1.36. The Kier molecular flexibility index (Phi) is 4.59. The molecule has 1 atom stereocenters. The lowest BCUT2D eigenvalue weighted by Crippen LogP contribution is -2.29. The van der Waals surface area contributed by atoms with Crippen LogP contribution in [-0.2, 0) is 16.1 Å². The summed E-state index contributed by atoms with van der Waals surface area (Å²) in [5, 5.41) is 14.1. The Morgan fingerprint density at radius 3 is 2.71 bits per heavy atom. The lowest BCUT2D eigenvalue weighted by atomic mass is 10.0. The number of rotatable bonds is 5. The predicted molar refractivity (Wildman–Crippen MR) is 89.0 cm³/mol. The minimum atomic E-state index is -0.616. The van der Waals surface area contributed by atoms with E-state index in [9.17, 15) is 4.79 Å². The zero-order valence-electron chi connectivity index (χ0n) is 13.2. The average molecular weight is 320 g/mol. The van der Waals surface area contributed by atoms with Crippen LogP contribution in [0.4, 0.5) is 0 Å². The van der Waals surface area contributed by atoms with Crippen LogP contribution in [0.25, 0.3) is 10.8 Å². The molecular weight excluding hydrogens is 304 g/mol. The van der Waals surface area contributed by atoms with Gasteiger partial charge in [-0.1, -0.05) is 36.4 Å². The van der Waals surface area contributed by atoms with Crippen LogP contribution in [0.2, 0.25) is 0 Å². The van der Waals surface area contributed by atoms with Crippen molar-refractivity contribution in [3.63, 3.8) is 0 Å². The standard InChI is InChI=1S/C19H16N2O3/c1-23-19(22)18(21-12-17-9-8-16(11-20)24-17)15-7-6-13-4-2-3-5-14(13)10-15/h2-10,18,21H,12H2,1H3/t18-/m0/s1. The number of hydrogen-bond donors (Lipinski definition) is 1. The second-order valence-electron chi connectivity index (χ2n) is 5.32. The van der Waals surface area contributed by atoms with Gasteiger partial charge in [-0.05, 0) is 34.5 Å². The van der Waals surface area contributed by atoms with Crippen LogP contribution in [0.5, 0.6) is 0 Å². The van der Waals surface area contributed by atoms with E-state index in [1.165, 1.54) is 7.11 Å². The Hall–Kier alpha value is -3.10. The third-order valence-electron chi connectivity index (χ3n) is 3.80. The number of esters is 1. The smallest absolute Gasteiger partial charge is 0.327 e. The first-order chi connectivity index (χ1) is 11.7. The van der Waals surface area contributed by atoms with Crippen LogP contribution < -0.4 is 5.32 Å². The molecule has 0 aliphatic carbocycles. The summed E-state index contributed by atoms with van der Waals surface area (Å²) in [6, 6.07) is 18.4. The number of nitriles is 1. The molecule has 0 aliphatic heterocycles. The van der Waals surface area contributed by atoms with Crippen molar-refractivity contribution in [2.24, 2.45) is 0 Å². The number of methoxy groups -OCH3 is 1. The van der Waals surface area contributed by atoms with Crippen molar-refractivity contribution in [1.82, 2.24) is 5.32 Å². The first-order valence-electron chi connectivity index (χ1n) is 7.50. The van der Waals surface area contributed by atoms with Gasteiger partial charge in [-0.15, -0.1) is 0 Å². The van der Waals surface area contributed by atoms with Gasteiger partial charge in [0.15, 0.2) is 0 Å². The third-order valence-corrected chi connectivity index (χ3v) is 3.80. The van der Waals surface area contributed by atoms with E-state index in [1.807, 2.05) is 48.5 Å². The van der Waals surface area contributed by atoms with E-state index in [0.29, 0.717) is 12.3 Å². The van der Waals surface area contributed by atoms with Crippen LogP contribution >= 0.6 is 0 Å². The molecule has 1 aromatic heterocycles. The molecule has 0 fully saturated rings. The molecule has 2 aromatic carbocycles. The van der Waals surface area contributed by atoms with Crippen molar-refractivity contribution in [1.29, 1.82) is 5.26 Å². The Morgan fingerprint density at radius 2 is 2.00 bits per heavy atom. The molecule has 5 nitrogen and oxygen atoms in total. The van der Waals surface area contributed by atoms with Gasteiger partial charge in [0, 0.05) is 0 Å². The van der Waals surface area contributed by atoms with Crippen molar-refractivity contribution in [3.05, 3.63) is 71.7 Å². The van der Waals surface area contributed by atoms with E-state index in [-0.39, 0.29) is 11.7 Å². The average Bonchev–Trinajstić information content (AvgIpc) is 3.09. The number of hydrogen-bond acceptors (Lipinski definition) is 5. The molecule has 5 heteroatoms. The van der Waals surface area contributed by atoms with Crippen LogP contribution in [-0.4, -0.2) is 13.1 Å². The number of nitrogens with zero attached hydrogens (tertiary/aromatic N) is 1. The van der Waals surface area contributed by atoms with E-state index in [0.717, 1.165) is 16.3 Å². The van der Waals surface area contributed by atoms with Gasteiger partial charge >= 0.3 is 5.97 Å². The summed E-state index contributed by atoms with van der Waals surface area (Å²) in [5.41, 5.74) is 0.813. The van der Waals surface area contributed by atoms with Gasteiger partial charge in [0.05, 0.1) is 13.7 Å². The van der Waals surface area contributed by atoms with Crippen LogP contribution in [0, 0.1) is 11.3 Å². The summed E-state index contributed by atoms with van der Waals surface area (Å²) in [6.45, 7) is 0.314. The molecule has 1 heterocycles. The van der Waals surface area contributed by atoms with Gasteiger partial charge in [0.2, 0.25) is 5.76 Å². The fourth-order valence-electron chi connectivity index (χ4n) is 2.58. The molecule has 0 spiro atoms. The van der Waals surface area contributed by atoms with Gasteiger partial charge in [-0.2, -0.15) is 5.26 Å². The molecule has 0 radical (unpaired) electrons. The number of fused-ring (bicyclic) bond motifs is 1. The van der Waals surface area contributed by atoms with Crippen LogP contribution in [0.3, 0.4) is 0 Å². The number of benzene rings is 2. The Balaban J connectivity index is 1.84. The second kappa shape index (κ2) is 6.99. The molecule has 0 saturated heterocycles. The molecule has 24 heavy (non-hydrogen) atoms. The minimum absolute atomic E-state index is 0.243. The summed E-state index contributed by atoms with van der Waals surface area (Å²) >= 11 is 0. The van der Waals surface area contributed by atoms with E-state index >= 15 is 0 Å². The van der Waals surface area contributed by atoms with Gasteiger partial charge < -0.3 is 9.15 Å². The lowest BCUT2D eigenvalue weighted by molar-refractivity contribution is -0.143. The summed E-state index contributed by atoms with van der Waals surface area (Å²) < 4.78 is 10.2. The summed E-state index contributed by atoms with van der Waals surface area (Å²) in [6.07, 6.45) is 0. The molecule has 1 N–H and O–H groups in total. The first-order valence-corrected chi connectivity index (χ1v) is 7.50. The zero-order valence-corrected chi connectivity index (χ0v) is 13.2. The molecule has 3 aromatic rings. The molecule has 0 unspecified atom stereocenters. The van der Waals surface area contributed by atoms with Gasteiger partial charge in [0.1, 0.15) is 17.9 Å².